The quantitative estimate of drug-likeness (QED) is 0.426. The molecule has 0 saturated carbocycles. The molecule has 0 unspecified atom stereocenters. The third kappa shape index (κ3) is 4.75. The second-order valence-corrected chi connectivity index (χ2v) is 8.62. The summed E-state index contributed by atoms with van der Waals surface area (Å²) in [6.07, 6.45) is 9.61. The van der Waals surface area contributed by atoms with Crippen molar-refractivity contribution >= 4 is 23.1 Å². The van der Waals surface area contributed by atoms with Crippen molar-refractivity contribution in [2.24, 2.45) is 5.41 Å². The molecule has 0 fully saturated rings. The van der Waals surface area contributed by atoms with E-state index in [0.29, 0.717) is 6.61 Å². The molecule has 6 heteroatoms. The minimum absolute atomic E-state index is 0.0202. The maximum absolute atomic E-state index is 12.1. The molecule has 3 heterocycles. The first kappa shape index (κ1) is 21.7. The number of nitrogens with zero attached hydrogens (tertiary/aromatic N) is 4. The number of rotatable bonds is 6. The third-order valence-electron chi connectivity index (χ3n) is 4.74. The molecule has 0 bridgehead atoms. The molecular weight excluding hydrogens is 376 g/mol. The summed E-state index contributed by atoms with van der Waals surface area (Å²) in [5.74, 6) is -0.364. The molecule has 0 aliphatic heterocycles. The molecule has 30 heavy (non-hydrogen) atoms. The largest absolute Gasteiger partial charge is 0.463 e. The topological polar surface area (TPSA) is 69.9 Å². The van der Waals surface area contributed by atoms with Gasteiger partial charge >= 0.3 is 5.97 Å². The first-order chi connectivity index (χ1) is 14.2. The van der Waals surface area contributed by atoms with Crippen molar-refractivity contribution in [3.8, 4) is 11.1 Å². The minimum Gasteiger partial charge on any atom is -0.463 e. The molecule has 0 aliphatic rings. The number of carbonyl (C=O) groups is 1. The summed E-state index contributed by atoms with van der Waals surface area (Å²) >= 11 is 0. The van der Waals surface area contributed by atoms with Crippen molar-refractivity contribution in [1.29, 1.82) is 0 Å². The highest BCUT2D eigenvalue weighted by Crippen LogP contribution is 2.36. The van der Waals surface area contributed by atoms with Gasteiger partial charge in [-0.15, -0.1) is 0 Å². The van der Waals surface area contributed by atoms with Gasteiger partial charge in [-0.3, -0.25) is 4.98 Å². The van der Waals surface area contributed by atoms with Crippen LogP contribution < -0.4 is 0 Å². The van der Waals surface area contributed by atoms with E-state index in [-0.39, 0.29) is 11.4 Å². The van der Waals surface area contributed by atoms with Crippen LogP contribution in [0.15, 0.2) is 30.7 Å². The molecule has 6 nitrogen and oxygen atoms in total. The van der Waals surface area contributed by atoms with E-state index >= 15 is 0 Å². The zero-order valence-electron chi connectivity index (χ0n) is 18.7. The van der Waals surface area contributed by atoms with Gasteiger partial charge in [-0.1, -0.05) is 20.8 Å². The second-order valence-electron chi connectivity index (χ2n) is 8.62. The number of ether oxygens (including phenoxy) is 1. The maximum atomic E-state index is 12.1. The molecule has 0 aromatic carbocycles. The molecule has 0 saturated heterocycles. The Labute approximate surface area is 178 Å². The Bertz CT molecular complexity index is 1090. The van der Waals surface area contributed by atoms with Gasteiger partial charge in [0.2, 0.25) is 0 Å². The van der Waals surface area contributed by atoms with Crippen LogP contribution >= 0.6 is 0 Å². The first-order valence-electron chi connectivity index (χ1n) is 10.4. The Balaban J connectivity index is 2.35. The molecule has 0 aliphatic carbocycles. The number of hydrogen-bond donors (Lipinski definition) is 0. The van der Waals surface area contributed by atoms with Crippen LogP contribution in [0.4, 0.5) is 0 Å². The average molecular weight is 407 g/mol. The number of hydrogen-bond acceptors (Lipinski definition) is 5. The second kappa shape index (κ2) is 8.78. The molecule has 0 spiro atoms. The molecule has 0 radical (unpaired) electrons. The van der Waals surface area contributed by atoms with Crippen LogP contribution in [0, 0.1) is 12.3 Å². The van der Waals surface area contributed by atoms with Crippen molar-refractivity contribution < 1.29 is 9.53 Å². The number of esters is 1. The molecule has 0 amide bonds. The summed E-state index contributed by atoms with van der Waals surface area (Å²) in [6.45, 7) is 13.5. The summed E-state index contributed by atoms with van der Waals surface area (Å²) in [5, 5.41) is 5.49. The zero-order chi connectivity index (χ0) is 21.9. The van der Waals surface area contributed by atoms with E-state index in [0.717, 1.165) is 51.9 Å². The highest BCUT2D eigenvalue weighted by molar-refractivity contribution is 5.99. The van der Waals surface area contributed by atoms with E-state index in [1.165, 1.54) is 6.08 Å². The fraction of sp³-hybridized carbons (Fsp3) is 0.417. The van der Waals surface area contributed by atoms with E-state index in [4.69, 9.17) is 9.72 Å². The smallest absolute Gasteiger partial charge is 0.330 e. The molecule has 0 N–H and O–H groups in total. The van der Waals surface area contributed by atoms with Crippen LogP contribution in [0.2, 0.25) is 0 Å². The molecule has 3 rings (SSSR count). The van der Waals surface area contributed by atoms with Crippen molar-refractivity contribution in [2.75, 3.05) is 6.61 Å². The van der Waals surface area contributed by atoms with Gasteiger partial charge in [0.1, 0.15) is 0 Å². The van der Waals surface area contributed by atoms with E-state index < -0.39 is 0 Å². The van der Waals surface area contributed by atoms with Crippen LogP contribution in [0.3, 0.4) is 0 Å². The third-order valence-corrected chi connectivity index (χ3v) is 4.74. The SMILES string of the molecule is CCOC(=O)C=Cc1c(CC(C)(C)C)nc2c(cnn2CC)c1-c1cncc(C)c1. The Kier molecular flexibility index (Phi) is 6.34. The van der Waals surface area contributed by atoms with Crippen LogP contribution in [0.1, 0.15) is 51.4 Å². The predicted molar refractivity (Wildman–Crippen MR) is 120 cm³/mol. The van der Waals surface area contributed by atoms with Crippen molar-refractivity contribution in [3.63, 3.8) is 0 Å². The zero-order valence-corrected chi connectivity index (χ0v) is 18.7. The van der Waals surface area contributed by atoms with Gasteiger partial charge in [0.15, 0.2) is 5.65 Å². The summed E-state index contributed by atoms with van der Waals surface area (Å²) < 4.78 is 7.01. The lowest BCUT2D eigenvalue weighted by Gasteiger charge is -2.21. The van der Waals surface area contributed by atoms with Crippen molar-refractivity contribution in [2.45, 2.75) is 54.5 Å². The van der Waals surface area contributed by atoms with Gasteiger partial charge in [-0.2, -0.15) is 5.10 Å². The Morgan fingerprint density at radius 3 is 2.60 bits per heavy atom. The fourth-order valence-electron chi connectivity index (χ4n) is 3.54. The lowest BCUT2D eigenvalue weighted by Crippen LogP contribution is -2.13. The number of fused-ring (bicyclic) bond motifs is 1. The van der Waals surface area contributed by atoms with E-state index in [1.807, 2.05) is 36.3 Å². The van der Waals surface area contributed by atoms with Crippen LogP contribution in [-0.2, 0) is 22.5 Å². The van der Waals surface area contributed by atoms with Crippen LogP contribution in [0.25, 0.3) is 28.2 Å². The van der Waals surface area contributed by atoms with Gasteiger partial charge in [0, 0.05) is 47.1 Å². The standard InChI is InChI=1S/C24H30N4O2/c1-7-28-23-19(15-26-28)22(17-11-16(3)13-25-14-17)18(9-10-21(29)30-8-2)20(27-23)12-24(4,5)6/h9-11,13-15H,7-8,12H2,1-6H3. The first-order valence-corrected chi connectivity index (χ1v) is 10.4. The van der Waals surface area contributed by atoms with E-state index in [1.54, 1.807) is 6.92 Å². The Morgan fingerprint density at radius 2 is 1.97 bits per heavy atom. The van der Waals surface area contributed by atoms with E-state index in [2.05, 4.69) is 43.8 Å². The molecule has 3 aromatic heterocycles. The highest BCUT2D eigenvalue weighted by Gasteiger charge is 2.22. The van der Waals surface area contributed by atoms with Crippen LogP contribution in [-0.4, -0.2) is 32.3 Å². The summed E-state index contributed by atoms with van der Waals surface area (Å²) in [5.41, 5.74) is 5.76. The Hall–Kier alpha value is -3.02. The summed E-state index contributed by atoms with van der Waals surface area (Å²) in [7, 11) is 0. The monoisotopic (exact) mass is 406 g/mol. The number of aromatic nitrogens is 4. The van der Waals surface area contributed by atoms with Gasteiger partial charge in [-0.05, 0) is 50.3 Å². The Morgan fingerprint density at radius 1 is 1.20 bits per heavy atom. The normalized spacial score (nSPS) is 12.1. The number of aryl methyl sites for hydroxylation is 2. The predicted octanol–water partition coefficient (Wildman–Crippen LogP) is 4.99. The lowest BCUT2D eigenvalue weighted by atomic mass is 9.86. The molecule has 3 aromatic rings. The van der Waals surface area contributed by atoms with Crippen molar-refractivity contribution in [1.82, 2.24) is 19.7 Å². The minimum atomic E-state index is -0.364. The maximum Gasteiger partial charge on any atom is 0.330 e. The molecular formula is C24H30N4O2. The lowest BCUT2D eigenvalue weighted by molar-refractivity contribution is -0.137. The number of pyridine rings is 2. The van der Waals surface area contributed by atoms with Gasteiger partial charge in [0.05, 0.1) is 18.5 Å². The highest BCUT2D eigenvalue weighted by atomic mass is 16.5. The van der Waals surface area contributed by atoms with Gasteiger partial charge in [-0.25, -0.2) is 14.5 Å². The fourth-order valence-corrected chi connectivity index (χ4v) is 3.54. The number of carbonyl (C=O) groups excluding carboxylic acids is 1. The molecule has 0 atom stereocenters. The summed E-state index contributed by atoms with van der Waals surface area (Å²) in [6, 6.07) is 2.10. The van der Waals surface area contributed by atoms with Crippen LogP contribution in [0.5, 0.6) is 0 Å². The summed E-state index contributed by atoms with van der Waals surface area (Å²) in [4.78, 5) is 21.5. The van der Waals surface area contributed by atoms with Crippen molar-refractivity contribution in [3.05, 3.63) is 47.6 Å². The van der Waals surface area contributed by atoms with Gasteiger partial charge in [0.25, 0.3) is 0 Å². The van der Waals surface area contributed by atoms with E-state index in [9.17, 15) is 4.79 Å². The average Bonchev–Trinajstić information content (AvgIpc) is 3.07. The molecule has 158 valence electrons. The van der Waals surface area contributed by atoms with Gasteiger partial charge < -0.3 is 4.74 Å².